The molecule has 0 aliphatic carbocycles. The Morgan fingerprint density at radius 1 is 1.30 bits per heavy atom. The van der Waals surface area contributed by atoms with Gasteiger partial charge in [-0.2, -0.15) is 5.10 Å². The topological polar surface area (TPSA) is 86.9 Å². The number of rotatable bonds is 3. The van der Waals surface area contributed by atoms with E-state index in [2.05, 4.69) is 20.8 Å². The van der Waals surface area contributed by atoms with Crippen LogP contribution in [0.3, 0.4) is 0 Å². The Labute approximate surface area is 116 Å². The number of carbonyl (C=O) groups is 1. The first-order valence-electron chi connectivity index (χ1n) is 6.31. The summed E-state index contributed by atoms with van der Waals surface area (Å²) in [4.78, 5) is 22.5. The molecular weight excluding hydrogens is 256 g/mol. The maximum atomic E-state index is 11.4. The third kappa shape index (κ3) is 3.23. The number of urea groups is 1. The summed E-state index contributed by atoms with van der Waals surface area (Å²) in [6.07, 6.45) is 0. The van der Waals surface area contributed by atoms with Gasteiger partial charge in [0, 0.05) is 23.9 Å². The molecule has 0 fully saturated rings. The normalized spacial score (nSPS) is 10.1. The maximum Gasteiger partial charge on any atom is 0.319 e. The van der Waals surface area contributed by atoms with Crippen LogP contribution in [0.2, 0.25) is 0 Å². The molecule has 1 aromatic heterocycles. The summed E-state index contributed by atoms with van der Waals surface area (Å²) in [5, 5.41) is 11.8. The summed E-state index contributed by atoms with van der Waals surface area (Å²) in [5.41, 5.74) is 2.87. The van der Waals surface area contributed by atoms with E-state index in [0.717, 1.165) is 11.1 Å². The van der Waals surface area contributed by atoms with Crippen molar-refractivity contribution in [1.82, 2.24) is 15.5 Å². The first-order valence-corrected chi connectivity index (χ1v) is 6.31. The molecule has 0 bridgehead atoms. The van der Waals surface area contributed by atoms with Crippen molar-refractivity contribution in [3.05, 3.63) is 46.2 Å². The van der Waals surface area contributed by atoms with E-state index in [-0.39, 0.29) is 11.6 Å². The van der Waals surface area contributed by atoms with Gasteiger partial charge in [-0.15, -0.1) is 0 Å². The fourth-order valence-corrected chi connectivity index (χ4v) is 1.84. The van der Waals surface area contributed by atoms with Crippen molar-refractivity contribution in [1.29, 1.82) is 0 Å². The van der Waals surface area contributed by atoms with Crippen molar-refractivity contribution in [2.75, 3.05) is 11.9 Å². The van der Waals surface area contributed by atoms with E-state index in [9.17, 15) is 9.59 Å². The molecule has 2 amide bonds. The van der Waals surface area contributed by atoms with Crippen molar-refractivity contribution in [2.24, 2.45) is 0 Å². The Morgan fingerprint density at radius 3 is 2.60 bits per heavy atom. The van der Waals surface area contributed by atoms with Crippen LogP contribution in [0.4, 0.5) is 10.5 Å². The Hall–Kier alpha value is -2.63. The van der Waals surface area contributed by atoms with E-state index in [1.54, 1.807) is 12.1 Å². The highest BCUT2D eigenvalue weighted by Crippen LogP contribution is 2.21. The van der Waals surface area contributed by atoms with Crippen molar-refractivity contribution in [3.8, 4) is 11.3 Å². The van der Waals surface area contributed by atoms with Gasteiger partial charge in [-0.05, 0) is 31.5 Å². The number of benzene rings is 1. The number of hydrogen-bond donors (Lipinski definition) is 3. The SMILES string of the molecule is CCNC(=O)Nc1ccc(-c2n[nH]c(=O)cc2C)cc1. The highest BCUT2D eigenvalue weighted by atomic mass is 16.2. The lowest BCUT2D eigenvalue weighted by molar-refractivity contribution is 0.252. The van der Waals surface area contributed by atoms with E-state index < -0.39 is 0 Å². The smallest absolute Gasteiger partial charge is 0.319 e. The Kier molecular flexibility index (Phi) is 4.14. The predicted molar refractivity (Wildman–Crippen MR) is 77.7 cm³/mol. The molecule has 6 nitrogen and oxygen atoms in total. The molecule has 1 heterocycles. The van der Waals surface area contributed by atoms with E-state index in [4.69, 9.17) is 0 Å². The van der Waals surface area contributed by atoms with Gasteiger partial charge in [-0.1, -0.05) is 12.1 Å². The molecule has 0 saturated carbocycles. The number of nitrogens with one attached hydrogen (secondary N) is 3. The Morgan fingerprint density at radius 2 is 2.00 bits per heavy atom. The van der Waals surface area contributed by atoms with Gasteiger partial charge in [0.15, 0.2) is 0 Å². The van der Waals surface area contributed by atoms with Crippen molar-refractivity contribution in [2.45, 2.75) is 13.8 Å². The molecule has 3 N–H and O–H groups in total. The summed E-state index contributed by atoms with van der Waals surface area (Å²) in [7, 11) is 0. The van der Waals surface area contributed by atoms with Crippen molar-refractivity contribution >= 4 is 11.7 Å². The highest BCUT2D eigenvalue weighted by molar-refractivity contribution is 5.89. The number of nitrogens with zero attached hydrogens (tertiary/aromatic N) is 1. The number of H-pyrrole nitrogens is 1. The number of anilines is 1. The van der Waals surface area contributed by atoms with Crippen LogP contribution in [0.5, 0.6) is 0 Å². The van der Waals surface area contributed by atoms with E-state index >= 15 is 0 Å². The number of amides is 2. The van der Waals surface area contributed by atoms with Gasteiger partial charge >= 0.3 is 6.03 Å². The standard InChI is InChI=1S/C14H16N4O2/c1-3-15-14(20)16-11-6-4-10(5-7-11)13-9(2)8-12(19)17-18-13/h4-8H,3H2,1-2H3,(H,17,19)(H2,15,16,20). The van der Waals surface area contributed by atoms with Crippen LogP contribution in [0.25, 0.3) is 11.3 Å². The number of hydrogen-bond acceptors (Lipinski definition) is 3. The van der Waals surface area contributed by atoms with Crippen LogP contribution in [-0.2, 0) is 0 Å². The molecule has 0 radical (unpaired) electrons. The average Bonchev–Trinajstić information content (AvgIpc) is 2.40. The number of carbonyl (C=O) groups excluding carboxylic acids is 1. The summed E-state index contributed by atoms with van der Waals surface area (Å²) in [6, 6.07) is 8.53. The fraction of sp³-hybridized carbons (Fsp3) is 0.214. The van der Waals surface area contributed by atoms with E-state index in [1.165, 1.54) is 6.07 Å². The zero-order valence-corrected chi connectivity index (χ0v) is 11.4. The van der Waals surface area contributed by atoms with Crippen LogP contribution in [-0.4, -0.2) is 22.8 Å². The second kappa shape index (κ2) is 6.01. The summed E-state index contributed by atoms with van der Waals surface area (Å²) >= 11 is 0. The third-order valence-corrected chi connectivity index (χ3v) is 2.75. The molecule has 1 aromatic carbocycles. The molecule has 0 atom stereocenters. The lowest BCUT2D eigenvalue weighted by Crippen LogP contribution is -2.28. The van der Waals surface area contributed by atoms with Crippen molar-refractivity contribution in [3.63, 3.8) is 0 Å². The van der Waals surface area contributed by atoms with Gasteiger partial charge in [0.25, 0.3) is 5.56 Å². The van der Waals surface area contributed by atoms with Gasteiger partial charge in [0.05, 0.1) is 5.69 Å². The number of aryl methyl sites for hydroxylation is 1. The number of aromatic nitrogens is 2. The first-order chi connectivity index (χ1) is 9.60. The molecule has 0 unspecified atom stereocenters. The molecule has 6 heteroatoms. The molecule has 0 spiro atoms. The van der Waals surface area contributed by atoms with Crippen LogP contribution >= 0.6 is 0 Å². The molecule has 104 valence electrons. The maximum absolute atomic E-state index is 11.4. The molecule has 2 aromatic rings. The molecule has 0 aliphatic rings. The minimum Gasteiger partial charge on any atom is -0.338 e. The monoisotopic (exact) mass is 272 g/mol. The second-order valence-electron chi connectivity index (χ2n) is 4.33. The molecular formula is C14H16N4O2. The van der Waals surface area contributed by atoms with Gasteiger partial charge in [0.2, 0.25) is 0 Å². The van der Waals surface area contributed by atoms with Crippen LogP contribution < -0.4 is 16.2 Å². The van der Waals surface area contributed by atoms with Gasteiger partial charge < -0.3 is 10.6 Å². The third-order valence-electron chi connectivity index (χ3n) is 2.75. The van der Waals surface area contributed by atoms with Gasteiger partial charge in [0.1, 0.15) is 0 Å². The lowest BCUT2D eigenvalue weighted by atomic mass is 10.1. The van der Waals surface area contributed by atoms with Gasteiger partial charge in [-0.25, -0.2) is 9.89 Å². The second-order valence-corrected chi connectivity index (χ2v) is 4.33. The lowest BCUT2D eigenvalue weighted by Gasteiger charge is -2.07. The predicted octanol–water partition coefficient (Wildman–Crippen LogP) is 1.89. The summed E-state index contributed by atoms with van der Waals surface area (Å²) in [5.74, 6) is 0. The van der Waals surface area contributed by atoms with Crippen LogP contribution in [0.15, 0.2) is 35.1 Å². The molecule has 0 saturated heterocycles. The highest BCUT2D eigenvalue weighted by Gasteiger charge is 2.05. The largest absolute Gasteiger partial charge is 0.338 e. The Bertz CT molecular complexity index is 662. The summed E-state index contributed by atoms with van der Waals surface area (Å²) in [6.45, 7) is 4.26. The van der Waals surface area contributed by atoms with Crippen LogP contribution in [0.1, 0.15) is 12.5 Å². The van der Waals surface area contributed by atoms with Crippen molar-refractivity contribution < 1.29 is 4.79 Å². The first kappa shape index (κ1) is 13.8. The zero-order valence-electron chi connectivity index (χ0n) is 11.4. The molecule has 0 aliphatic heterocycles. The Balaban J connectivity index is 2.19. The summed E-state index contributed by atoms with van der Waals surface area (Å²) < 4.78 is 0. The zero-order chi connectivity index (χ0) is 14.5. The molecule has 2 rings (SSSR count). The minimum atomic E-state index is -0.237. The molecule has 20 heavy (non-hydrogen) atoms. The van der Waals surface area contributed by atoms with E-state index in [0.29, 0.717) is 17.9 Å². The van der Waals surface area contributed by atoms with Gasteiger partial charge in [-0.3, -0.25) is 4.79 Å². The van der Waals surface area contributed by atoms with E-state index in [1.807, 2.05) is 26.0 Å². The average molecular weight is 272 g/mol. The number of aromatic amines is 1. The minimum absolute atomic E-state index is 0.222. The fourth-order valence-electron chi connectivity index (χ4n) is 1.84. The quantitative estimate of drug-likeness (QED) is 0.797. The van der Waals surface area contributed by atoms with Crippen LogP contribution in [0, 0.1) is 6.92 Å².